The summed E-state index contributed by atoms with van der Waals surface area (Å²) in [6, 6.07) is 2.60. The van der Waals surface area contributed by atoms with Crippen molar-refractivity contribution in [2.24, 2.45) is 0 Å². The lowest BCUT2D eigenvalue weighted by Crippen LogP contribution is -2.43. The molecule has 310 valence electrons. The van der Waals surface area contributed by atoms with Crippen molar-refractivity contribution >= 4 is 49.0 Å². The zero-order chi connectivity index (χ0) is 41.2. The maximum atomic E-state index is 17.7. The topological polar surface area (TPSA) is 165 Å². The summed E-state index contributed by atoms with van der Waals surface area (Å²) in [6.45, 7) is 3.25. The molecule has 3 fully saturated rings. The van der Waals surface area contributed by atoms with Gasteiger partial charge in [0.25, 0.3) is 0 Å². The lowest BCUT2D eigenvalue weighted by molar-refractivity contribution is -0.138. The van der Waals surface area contributed by atoms with Crippen molar-refractivity contribution in [2.45, 2.75) is 49.6 Å². The molecule has 4 N–H and O–H groups in total. The molecule has 0 bridgehead atoms. The first-order valence-corrected chi connectivity index (χ1v) is 20.0. The fourth-order valence-corrected chi connectivity index (χ4v) is 10.2. The van der Waals surface area contributed by atoms with Crippen LogP contribution in [-0.4, -0.2) is 107 Å². The molecule has 4 aliphatic rings. The molecule has 0 aliphatic carbocycles. The molecule has 0 saturated carbocycles. The number of morpholine rings is 1. The highest BCUT2D eigenvalue weighted by Gasteiger charge is 2.50. The Kier molecular flexibility index (Phi) is 10.0. The van der Waals surface area contributed by atoms with E-state index in [9.17, 15) is 9.65 Å². The van der Waals surface area contributed by atoms with Crippen molar-refractivity contribution in [3.8, 4) is 29.0 Å². The maximum Gasteiger partial charge on any atom is 0.420 e. The third kappa shape index (κ3) is 6.77. The first-order chi connectivity index (χ1) is 28.4. The highest BCUT2D eigenvalue weighted by molar-refractivity contribution is 7.23. The fraction of sp³-hybridized carbons (Fsp3) is 0.462. The first-order valence-electron chi connectivity index (χ1n) is 19.2. The van der Waals surface area contributed by atoms with Gasteiger partial charge in [0.05, 0.1) is 47.0 Å². The van der Waals surface area contributed by atoms with Crippen LogP contribution < -0.4 is 25.8 Å². The number of nitrogen functional groups attached to an aromatic ring is 2. The molecule has 3 saturated heterocycles. The number of rotatable bonds is 9. The van der Waals surface area contributed by atoms with E-state index in [-0.39, 0.29) is 71.0 Å². The van der Waals surface area contributed by atoms with E-state index in [4.69, 9.17) is 30.7 Å². The lowest BCUT2D eigenvalue weighted by Gasteiger charge is -2.35. The standard InChI is InChI=1S/C39H38F6N10O3S/c40-20-16-38(5-1-8-54(38)18-20)19-58-37-51-31-27-32(28(39(43,44)45)26(29(31)42)21-2-3-23(41)33-25(21)22(17-46)35(48)59-33)57-15-12-55(36(27)52-37)24(30-34(47)50-7-6-49-30)4-9-53-10-13-56-14-11-53/h2-3,6-7,20,24H,1,4-5,8-16,18-19,48H2,(H2,47,50)/t20-,24-,38+/m1/s1. The summed E-state index contributed by atoms with van der Waals surface area (Å²) in [6.07, 6.45) is -1.50. The van der Waals surface area contributed by atoms with Gasteiger partial charge in [-0.3, -0.25) is 14.8 Å². The predicted molar refractivity (Wildman–Crippen MR) is 207 cm³/mol. The van der Waals surface area contributed by atoms with Gasteiger partial charge < -0.3 is 30.6 Å². The number of thiophene rings is 1. The molecule has 0 amide bonds. The smallest absolute Gasteiger partial charge is 0.420 e. The van der Waals surface area contributed by atoms with Crippen molar-refractivity contribution in [1.82, 2.24) is 29.7 Å². The Morgan fingerprint density at radius 3 is 2.61 bits per heavy atom. The predicted octanol–water partition coefficient (Wildman–Crippen LogP) is 6.25. The molecule has 3 aromatic heterocycles. The Labute approximate surface area is 337 Å². The summed E-state index contributed by atoms with van der Waals surface area (Å²) in [5.74, 6) is -3.11. The normalized spacial score (nSPS) is 21.7. The molecule has 9 rings (SSSR count). The van der Waals surface area contributed by atoms with Gasteiger partial charge >= 0.3 is 12.2 Å². The first kappa shape index (κ1) is 39.2. The number of hydrogen-bond acceptors (Lipinski definition) is 14. The molecule has 0 unspecified atom stereocenters. The van der Waals surface area contributed by atoms with Crippen LogP contribution in [-0.2, 0) is 10.9 Å². The van der Waals surface area contributed by atoms with E-state index in [1.807, 2.05) is 11.0 Å². The lowest BCUT2D eigenvalue weighted by atomic mass is 9.91. The van der Waals surface area contributed by atoms with Gasteiger partial charge in [-0.05, 0) is 37.4 Å². The van der Waals surface area contributed by atoms with Gasteiger partial charge in [0.2, 0.25) is 0 Å². The molecule has 4 aliphatic heterocycles. The van der Waals surface area contributed by atoms with Crippen LogP contribution in [0.15, 0.2) is 24.5 Å². The van der Waals surface area contributed by atoms with Crippen LogP contribution in [0.4, 0.5) is 43.0 Å². The number of nitrogens with zero attached hydrogens (tertiary/aromatic N) is 8. The Hall–Kier alpha value is -5.23. The number of aromatic nitrogens is 4. The second kappa shape index (κ2) is 15.1. The van der Waals surface area contributed by atoms with E-state index in [0.717, 1.165) is 18.6 Å². The molecule has 20 heteroatoms. The number of alkyl halides is 4. The van der Waals surface area contributed by atoms with Crippen LogP contribution >= 0.6 is 11.3 Å². The minimum Gasteiger partial charge on any atom is -0.490 e. The summed E-state index contributed by atoms with van der Waals surface area (Å²) in [4.78, 5) is 23.8. The van der Waals surface area contributed by atoms with E-state index in [1.165, 1.54) is 12.4 Å². The average Bonchev–Trinajstić information content (AvgIpc) is 3.82. The van der Waals surface area contributed by atoms with Crippen LogP contribution in [0, 0.1) is 23.0 Å². The van der Waals surface area contributed by atoms with E-state index in [2.05, 4.69) is 19.9 Å². The number of hydrogen-bond donors (Lipinski definition) is 2. The zero-order valence-corrected chi connectivity index (χ0v) is 32.3. The molecule has 5 aromatic rings. The second-order valence-corrected chi connectivity index (χ2v) is 16.2. The van der Waals surface area contributed by atoms with Crippen LogP contribution in [0.1, 0.15) is 48.5 Å². The Balaban J connectivity index is 1.29. The summed E-state index contributed by atoms with van der Waals surface area (Å²) in [5.41, 5.74) is 8.29. The number of halogens is 6. The highest BCUT2D eigenvalue weighted by atomic mass is 32.1. The number of fused-ring (bicyclic) bond motifs is 2. The van der Waals surface area contributed by atoms with Crippen LogP contribution in [0.5, 0.6) is 11.8 Å². The minimum atomic E-state index is -5.27. The van der Waals surface area contributed by atoms with Gasteiger partial charge in [0.1, 0.15) is 70.4 Å². The molecule has 0 spiro atoms. The number of nitrogens with two attached hydrogens (primary N) is 2. The highest BCUT2D eigenvalue weighted by Crippen LogP contribution is 2.54. The minimum absolute atomic E-state index is 0.0628. The van der Waals surface area contributed by atoms with Crippen molar-refractivity contribution in [2.75, 3.05) is 82.1 Å². The molecular formula is C39H38F6N10O3S. The van der Waals surface area contributed by atoms with Crippen molar-refractivity contribution < 1.29 is 40.6 Å². The van der Waals surface area contributed by atoms with Gasteiger partial charge in [-0.25, -0.2) is 18.2 Å². The van der Waals surface area contributed by atoms with Gasteiger partial charge in [0.15, 0.2) is 5.82 Å². The van der Waals surface area contributed by atoms with Gasteiger partial charge in [-0.1, -0.05) is 6.07 Å². The number of benzene rings is 2. The fourth-order valence-electron chi connectivity index (χ4n) is 9.20. The van der Waals surface area contributed by atoms with Crippen molar-refractivity contribution in [3.05, 3.63) is 53.0 Å². The van der Waals surface area contributed by atoms with E-state index in [1.54, 1.807) is 4.90 Å². The van der Waals surface area contributed by atoms with Crippen LogP contribution in [0.25, 0.3) is 32.1 Å². The summed E-state index contributed by atoms with van der Waals surface area (Å²) in [7, 11) is 0. The summed E-state index contributed by atoms with van der Waals surface area (Å²) in [5, 5.41) is 9.20. The molecular weight excluding hydrogens is 803 g/mol. The third-order valence-corrected chi connectivity index (χ3v) is 12.9. The number of anilines is 3. The SMILES string of the molecule is N#Cc1c(N)sc2c(F)ccc(-c3c(C(F)(F)F)c4c5c(nc(OC[C@@]67CCCN6C[C@H](F)C7)nc5c3F)N([C@H](CCN3CCOCC3)c3nccnc3N)CCO4)c12. The van der Waals surface area contributed by atoms with Crippen LogP contribution in [0.3, 0.4) is 0 Å². The summed E-state index contributed by atoms with van der Waals surface area (Å²) < 4.78 is 112. The number of nitriles is 1. The van der Waals surface area contributed by atoms with Crippen molar-refractivity contribution in [1.29, 1.82) is 5.26 Å². The molecule has 3 atom stereocenters. The number of ether oxygens (including phenoxy) is 3. The van der Waals surface area contributed by atoms with Crippen molar-refractivity contribution in [3.63, 3.8) is 0 Å². The molecule has 7 heterocycles. The second-order valence-electron chi connectivity index (χ2n) is 15.2. The molecule has 0 radical (unpaired) electrons. The van der Waals surface area contributed by atoms with Crippen LogP contribution in [0.2, 0.25) is 0 Å². The Bertz CT molecular complexity index is 2490. The molecule has 2 aromatic carbocycles. The van der Waals surface area contributed by atoms with Gasteiger partial charge in [-0.15, -0.1) is 11.3 Å². The Morgan fingerprint density at radius 2 is 1.85 bits per heavy atom. The zero-order valence-electron chi connectivity index (χ0n) is 31.5. The largest absolute Gasteiger partial charge is 0.490 e. The molecule has 59 heavy (non-hydrogen) atoms. The monoisotopic (exact) mass is 840 g/mol. The van der Waals surface area contributed by atoms with Gasteiger partial charge in [-0.2, -0.15) is 28.4 Å². The Morgan fingerprint density at radius 1 is 1.05 bits per heavy atom. The maximum absolute atomic E-state index is 17.7. The average molecular weight is 841 g/mol. The third-order valence-electron chi connectivity index (χ3n) is 11.8. The quantitative estimate of drug-likeness (QED) is 0.160. The molecule has 13 nitrogen and oxygen atoms in total. The van der Waals surface area contributed by atoms with E-state index in [0.29, 0.717) is 69.3 Å². The van der Waals surface area contributed by atoms with E-state index < -0.39 is 68.9 Å². The van der Waals surface area contributed by atoms with E-state index >= 15 is 22.0 Å². The van der Waals surface area contributed by atoms with Gasteiger partial charge in [0, 0.05) is 55.9 Å². The summed E-state index contributed by atoms with van der Waals surface area (Å²) >= 11 is 0.665.